The topological polar surface area (TPSA) is 4.93 Å². The van der Waals surface area contributed by atoms with Gasteiger partial charge in [0, 0.05) is 21.9 Å². The van der Waals surface area contributed by atoms with Crippen LogP contribution in [0.5, 0.6) is 0 Å². The van der Waals surface area contributed by atoms with Crippen LogP contribution in [0.15, 0.2) is 309 Å². The summed E-state index contributed by atoms with van der Waals surface area (Å²) in [6.07, 6.45) is 0. The van der Waals surface area contributed by atoms with E-state index < -0.39 is 0 Å². The van der Waals surface area contributed by atoms with Crippen LogP contribution in [0.2, 0.25) is 0 Å². The van der Waals surface area contributed by atoms with Crippen molar-refractivity contribution in [2.24, 2.45) is 0 Å². The summed E-state index contributed by atoms with van der Waals surface area (Å²) in [5.74, 6) is 0. The SMILES string of the molecule is CC1(C)c2ccccc2-c2ccc(-c3ccc(-c4cc5cc(-c6ccc7ccc8ccc9cc(-c%10ccc(-c%11ccc%12c(c%11)c%11ccccc%11n%12-c%11ccccc%11)cc%10)c%10ccccc%10c9c8c7c6)c6ccc7ccccc7c6c5c5ccccc45)cc3)cc21. The molecule has 19 rings (SSSR count). The summed E-state index contributed by atoms with van der Waals surface area (Å²) in [7, 11) is 0. The molecular weight excluding hydrogens is 1080 g/mol. The second-order valence-corrected chi connectivity index (χ2v) is 25.4. The lowest BCUT2D eigenvalue weighted by Gasteiger charge is -2.22. The van der Waals surface area contributed by atoms with E-state index in [4.69, 9.17) is 0 Å². The number of nitrogens with zero attached hydrogens (tertiary/aromatic N) is 1. The lowest BCUT2D eigenvalue weighted by atomic mass is 9.81. The number of para-hydroxylation sites is 2. The molecule has 0 atom stereocenters. The summed E-state index contributed by atoms with van der Waals surface area (Å²) in [6, 6.07) is 117. The van der Waals surface area contributed by atoms with E-state index in [1.807, 2.05) is 0 Å². The van der Waals surface area contributed by atoms with Crippen molar-refractivity contribution in [2.75, 3.05) is 0 Å². The highest BCUT2D eigenvalue weighted by molar-refractivity contribution is 6.33. The molecule has 17 aromatic carbocycles. The van der Waals surface area contributed by atoms with E-state index in [0.29, 0.717) is 0 Å². The zero-order valence-electron chi connectivity index (χ0n) is 49.9. The van der Waals surface area contributed by atoms with E-state index in [2.05, 4.69) is 328 Å². The van der Waals surface area contributed by atoms with Crippen LogP contribution in [-0.4, -0.2) is 4.57 Å². The first kappa shape index (κ1) is 50.7. The molecule has 0 fully saturated rings. The molecule has 1 heteroatoms. The van der Waals surface area contributed by atoms with Gasteiger partial charge in [0.1, 0.15) is 0 Å². The first-order chi connectivity index (χ1) is 44.4. The smallest absolute Gasteiger partial charge is 0.0541 e. The van der Waals surface area contributed by atoms with Gasteiger partial charge in [0.2, 0.25) is 0 Å². The van der Waals surface area contributed by atoms with E-state index in [1.165, 1.54) is 192 Å². The van der Waals surface area contributed by atoms with Crippen LogP contribution in [-0.2, 0) is 5.41 Å². The van der Waals surface area contributed by atoms with E-state index in [-0.39, 0.29) is 5.41 Å². The first-order valence-electron chi connectivity index (χ1n) is 31.5. The molecule has 0 bridgehead atoms. The summed E-state index contributed by atoms with van der Waals surface area (Å²) in [6.45, 7) is 4.73. The number of hydrogen-bond donors (Lipinski definition) is 0. The Bertz CT molecular complexity index is 6080. The van der Waals surface area contributed by atoms with Crippen LogP contribution in [0, 0.1) is 0 Å². The Labute approximate surface area is 521 Å². The number of benzene rings is 17. The molecule has 0 spiro atoms. The summed E-state index contributed by atoms with van der Waals surface area (Å²) < 4.78 is 2.38. The van der Waals surface area contributed by atoms with Crippen LogP contribution >= 0.6 is 0 Å². The third-order valence-electron chi connectivity index (χ3n) is 20.3. The van der Waals surface area contributed by atoms with E-state index in [0.717, 1.165) is 0 Å². The molecule has 90 heavy (non-hydrogen) atoms. The third-order valence-corrected chi connectivity index (χ3v) is 20.3. The minimum absolute atomic E-state index is 0.0573. The zero-order chi connectivity index (χ0) is 59.3. The van der Waals surface area contributed by atoms with Crippen molar-refractivity contribution < 1.29 is 0 Å². The van der Waals surface area contributed by atoms with Gasteiger partial charge in [-0.1, -0.05) is 263 Å². The van der Waals surface area contributed by atoms with Crippen LogP contribution in [0.3, 0.4) is 0 Å². The minimum Gasteiger partial charge on any atom is -0.309 e. The molecule has 0 N–H and O–H groups in total. The number of aromatic nitrogens is 1. The molecule has 1 aromatic heterocycles. The van der Waals surface area contributed by atoms with Gasteiger partial charge in [-0.3, -0.25) is 0 Å². The molecule has 1 aliphatic rings. The maximum atomic E-state index is 2.49. The minimum atomic E-state index is -0.0573. The molecular formula is C89H57N. The lowest BCUT2D eigenvalue weighted by molar-refractivity contribution is 0.660. The van der Waals surface area contributed by atoms with Crippen molar-refractivity contribution in [1.29, 1.82) is 0 Å². The molecule has 0 amide bonds. The summed E-state index contributed by atoms with van der Waals surface area (Å²) in [4.78, 5) is 0. The summed E-state index contributed by atoms with van der Waals surface area (Å²) in [5, 5.41) is 22.7. The standard InChI is InChI=1S/C89H57N/c1-89(2)81-26-14-12-22-70(81)71-45-43-62(53-82(71)89)55-30-34-58(35-31-55)77-51-65-52-78(75-46-42-56-16-6-7-19-67(56)88(75)87(65)74-25-11-9-21-69(74)77)63-40-37-59-36-38-60-39-41-64-50-76(68-20-8-10-24-73(68)86(64)85(60)79(59)49-63)57-32-28-54(29-33-57)61-44-47-84-80(48-61)72-23-13-15-27-83(72)90(84)66-17-4-3-5-18-66/h3-53H,1-2H3. The number of rotatable bonds is 6. The Balaban J connectivity index is 0.745. The lowest BCUT2D eigenvalue weighted by Crippen LogP contribution is -2.14. The van der Waals surface area contributed by atoms with E-state index >= 15 is 0 Å². The Kier molecular flexibility index (Phi) is 10.9. The maximum absolute atomic E-state index is 2.49. The third kappa shape index (κ3) is 7.50. The average Bonchev–Trinajstić information content (AvgIpc) is 1.92. The molecule has 1 nitrogen and oxygen atoms in total. The Morgan fingerprint density at radius 3 is 1.40 bits per heavy atom. The van der Waals surface area contributed by atoms with Crippen molar-refractivity contribution in [2.45, 2.75) is 19.3 Å². The summed E-state index contributed by atoms with van der Waals surface area (Å²) in [5.41, 5.74) is 21.2. The molecule has 0 aliphatic heterocycles. The molecule has 0 saturated heterocycles. The predicted octanol–water partition coefficient (Wildman–Crippen LogP) is 24.7. The highest BCUT2D eigenvalue weighted by Crippen LogP contribution is 2.51. The molecule has 0 saturated carbocycles. The highest BCUT2D eigenvalue weighted by Gasteiger charge is 2.35. The van der Waals surface area contributed by atoms with Crippen molar-refractivity contribution in [3.05, 3.63) is 321 Å². The highest BCUT2D eigenvalue weighted by atomic mass is 15.0. The van der Waals surface area contributed by atoms with Gasteiger partial charge in [-0.15, -0.1) is 0 Å². The van der Waals surface area contributed by atoms with Crippen molar-refractivity contribution >= 4 is 108 Å². The molecule has 418 valence electrons. The monoisotopic (exact) mass is 1140 g/mol. The maximum Gasteiger partial charge on any atom is 0.0541 e. The Morgan fingerprint density at radius 2 is 0.667 bits per heavy atom. The molecule has 0 radical (unpaired) electrons. The Hall–Kier alpha value is -11.4. The van der Waals surface area contributed by atoms with Gasteiger partial charge in [0.15, 0.2) is 0 Å². The fourth-order valence-corrected chi connectivity index (χ4v) is 16.0. The number of hydrogen-bond acceptors (Lipinski definition) is 0. The van der Waals surface area contributed by atoms with Crippen LogP contribution < -0.4 is 0 Å². The van der Waals surface area contributed by atoms with Gasteiger partial charge < -0.3 is 4.57 Å². The van der Waals surface area contributed by atoms with Crippen LogP contribution in [0.25, 0.3) is 180 Å². The van der Waals surface area contributed by atoms with Gasteiger partial charge in [0.05, 0.1) is 11.0 Å². The van der Waals surface area contributed by atoms with Gasteiger partial charge >= 0.3 is 0 Å². The second-order valence-electron chi connectivity index (χ2n) is 25.4. The number of fused-ring (bicyclic) bond motifs is 20. The Morgan fingerprint density at radius 1 is 0.211 bits per heavy atom. The summed E-state index contributed by atoms with van der Waals surface area (Å²) >= 11 is 0. The van der Waals surface area contributed by atoms with Crippen molar-refractivity contribution in [3.8, 4) is 72.4 Å². The van der Waals surface area contributed by atoms with Crippen molar-refractivity contribution in [3.63, 3.8) is 0 Å². The fourth-order valence-electron chi connectivity index (χ4n) is 16.0. The molecule has 1 aliphatic carbocycles. The molecule has 18 aromatic rings. The van der Waals surface area contributed by atoms with E-state index in [1.54, 1.807) is 0 Å². The molecule has 1 heterocycles. The van der Waals surface area contributed by atoms with Gasteiger partial charge in [-0.25, -0.2) is 0 Å². The largest absolute Gasteiger partial charge is 0.309 e. The van der Waals surface area contributed by atoms with E-state index in [9.17, 15) is 0 Å². The normalized spacial score (nSPS) is 12.9. The van der Waals surface area contributed by atoms with Gasteiger partial charge in [-0.05, 0) is 225 Å². The van der Waals surface area contributed by atoms with Crippen LogP contribution in [0.4, 0.5) is 0 Å². The quantitative estimate of drug-likeness (QED) is 0.146. The molecule has 0 unspecified atom stereocenters. The predicted molar refractivity (Wildman–Crippen MR) is 386 cm³/mol. The van der Waals surface area contributed by atoms with Gasteiger partial charge in [-0.2, -0.15) is 0 Å². The average molecular weight is 1140 g/mol. The van der Waals surface area contributed by atoms with Crippen LogP contribution in [0.1, 0.15) is 25.0 Å². The second kappa shape index (κ2) is 19.3. The first-order valence-corrected chi connectivity index (χ1v) is 31.5. The van der Waals surface area contributed by atoms with Gasteiger partial charge in [0.25, 0.3) is 0 Å². The fraction of sp³-hybridized carbons (Fsp3) is 0.0337. The van der Waals surface area contributed by atoms with Crippen molar-refractivity contribution in [1.82, 2.24) is 4.57 Å². The zero-order valence-corrected chi connectivity index (χ0v) is 49.9.